The number of para-hydroxylation sites is 1. The number of benzene rings is 1. The number of amides is 1. The molecule has 32 heavy (non-hydrogen) atoms. The lowest BCUT2D eigenvalue weighted by molar-refractivity contribution is -0.0946. The van der Waals surface area contributed by atoms with Crippen LogP contribution in [-0.4, -0.2) is 47.0 Å². The molecule has 0 radical (unpaired) electrons. The third-order valence-electron chi connectivity index (χ3n) is 4.89. The Morgan fingerprint density at radius 3 is 2.50 bits per heavy atom. The summed E-state index contributed by atoms with van der Waals surface area (Å²) in [6.07, 6.45) is 1.23. The van der Waals surface area contributed by atoms with Crippen molar-refractivity contribution in [2.45, 2.75) is 30.7 Å². The van der Waals surface area contributed by atoms with E-state index >= 15 is 0 Å². The van der Waals surface area contributed by atoms with Crippen molar-refractivity contribution in [3.8, 4) is 5.75 Å². The van der Waals surface area contributed by atoms with Gasteiger partial charge in [-0.1, -0.05) is 43.6 Å². The monoisotopic (exact) mass is 484 g/mol. The Kier molecular flexibility index (Phi) is 5.60. The second-order valence-electron chi connectivity index (χ2n) is 7.70. The fraction of sp³-hybridized carbons (Fsp3) is 0.300. The molecule has 1 aliphatic rings. The Morgan fingerprint density at radius 2 is 1.91 bits per heavy atom. The van der Waals surface area contributed by atoms with Gasteiger partial charge in [-0.2, -0.15) is 9.79 Å². The lowest BCUT2D eigenvalue weighted by Gasteiger charge is -2.37. The minimum atomic E-state index is -4.26. The van der Waals surface area contributed by atoms with Crippen LogP contribution in [0.3, 0.4) is 0 Å². The fourth-order valence-corrected chi connectivity index (χ4v) is 5.42. The molecule has 4 rings (SSSR count). The van der Waals surface area contributed by atoms with Gasteiger partial charge in [0.15, 0.2) is 10.8 Å². The molecule has 12 heteroatoms. The standard InChI is InChI=1S/C20H19ClF2N4O4S/c1-12(2)17-19(32(29,30)26-10-20(22,23)11-26)27-9-15(21)14(8-16(27)24-17)18(28)25-31-13-6-4-3-5-7-13/h3-9,12H,10-11H2,1-2H3,(H,25,28). The number of imidazole rings is 1. The number of halogens is 3. The molecule has 8 nitrogen and oxygen atoms in total. The highest BCUT2D eigenvalue weighted by Crippen LogP contribution is 2.35. The highest BCUT2D eigenvalue weighted by Gasteiger charge is 2.51. The molecule has 0 unspecified atom stereocenters. The van der Waals surface area contributed by atoms with E-state index in [2.05, 4.69) is 10.5 Å². The zero-order chi connectivity index (χ0) is 23.3. The summed E-state index contributed by atoms with van der Waals surface area (Å²) >= 11 is 6.27. The average molecular weight is 485 g/mol. The molecular weight excluding hydrogens is 466 g/mol. The third kappa shape index (κ3) is 4.03. The van der Waals surface area contributed by atoms with Crippen molar-refractivity contribution >= 4 is 33.2 Å². The van der Waals surface area contributed by atoms with Crippen LogP contribution in [0.5, 0.6) is 5.75 Å². The smallest absolute Gasteiger partial charge is 0.285 e. The first-order valence-corrected chi connectivity index (χ1v) is 11.4. The second-order valence-corrected chi connectivity index (χ2v) is 9.96. The molecule has 0 bridgehead atoms. The molecule has 1 aliphatic heterocycles. The zero-order valence-corrected chi connectivity index (χ0v) is 18.6. The number of fused-ring (bicyclic) bond motifs is 1. The summed E-state index contributed by atoms with van der Waals surface area (Å²) in [5, 5.41) is -0.308. The maximum Gasteiger partial charge on any atom is 0.285 e. The summed E-state index contributed by atoms with van der Waals surface area (Å²) < 4.78 is 54.7. The van der Waals surface area contributed by atoms with Crippen LogP contribution in [0.25, 0.3) is 5.65 Å². The largest absolute Gasteiger partial charge is 0.379 e. The van der Waals surface area contributed by atoms with Gasteiger partial charge in [-0.3, -0.25) is 9.20 Å². The number of pyridine rings is 1. The summed E-state index contributed by atoms with van der Waals surface area (Å²) in [7, 11) is -4.26. The molecule has 2 aromatic heterocycles. The third-order valence-corrected chi connectivity index (χ3v) is 7.02. The molecule has 3 aromatic rings. The first-order chi connectivity index (χ1) is 15.0. The van der Waals surface area contributed by atoms with Gasteiger partial charge in [0.05, 0.1) is 29.4 Å². The van der Waals surface area contributed by atoms with Crippen molar-refractivity contribution in [1.82, 2.24) is 19.2 Å². The Labute approximate surface area is 187 Å². The molecule has 1 N–H and O–H groups in total. The quantitative estimate of drug-likeness (QED) is 0.541. The van der Waals surface area contributed by atoms with Crippen LogP contribution in [0.1, 0.15) is 35.8 Å². The lowest BCUT2D eigenvalue weighted by atomic mass is 10.2. The Morgan fingerprint density at radius 1 is 1.25 bits per heavy atom. The van der Waals surface area contributed by atoms with Gasteiger partial charge >= 0.3 is 0 Å². The van der Waals surface area contributed by atoms with Gasteiger partial charge in [0, 0.05) is 6.20 Å². The summed E-state index contributed by atoms with van der Waals surface area (Å²) in [5.74, 6) is -3.66. The predicted molar refractivity (Wildman–Crippen MR) is 113 cm³/mol. The molecule has 1 aromatic carbocycles. The van der Waals surface area contributed by atoms with E-state index in [0.717, 1.165) is 0 Å². The molecule has 3 heterocycles. The van der Waals surface area contributed by atoms with E-state index < -0.39 is 34.9 Å². The molecule has 0 aliphatic carbocycles. The minimum absolute atomic E-state index is 0.00911. The fourth-order valence-electron chi connectivity index (χ4n) is 3.28. The minimum Gasteiger partial charge on any atom is -0.379 e. The number of hydroxylamine groups is 1. The summed E-state index contributed by atoms with van der Waals surface area (Å²) in [4.78, 5) is 22.1. The molecule has 1 amide bonds. The molecule has 0 spiro atoms. The second kappa shape index (κ2) is 7.98. The SMILES string of the molecule is CC(C)c1nc2cc(C(=O)NOc3ccccc3)c(Cl)cn2c1S(=O)(=O)N1CC(F)(F)C1. The van der Waals surface area contributed by atoms with E-state index in [4.69, 9.17) is 16.4 Å². The van der Waals surface area contributed by atoms with Crippen LogP contribution in [0.15, 0.2) is 47.6 Å². The van der Waals surface area contributed by atoms with Crippen LogP contribution in [-0.2, 0) is 10.0 Å². The summed E-state index contributed by atoms with van der Waals surface area (Å²) in [6, 6.07) is 9.86. The van der Waals surface area contributed by atoms with Crippen molar-refractivity contribution in [2.75, 3.05) is 13.1 Å². The van der Waals surface area contributed by atoms with E-state index in [1.165, 1.54) is 16.7 Å². The van der Waals surface area contributed by atoms with Crippen molar-refractivity contribution in [1.29, 1.82) is 0 Å². The van der Waals surface area contributed by atoms with E-state index in [1.807, 2.05) is 0 Å². The number of sulfonamides is 1. The maximum absolute atomic E-state index is 13.3. The van der Waals surface area contributed by atoms with Gasteiger partial charge in [0.25, 0.3) is 21.9 Å². The molecule has 0 saturated carbocycles. The topological polar surface area (TPSA) is 93.0 Å². The molecule has 1 saturated heterocycles. The van der Waals surface area contributed by atoms with Crippen LogP contribution < -0.4 is 10.3 Å². The van der Waals surface area contributed by atoms with Gasteiger partial charge in [-0.25, -0.2) is 22.2 Å². The number of carbonyl (C=O) groups excluding carboxylic acids is 1. The van der Waals surface area contributed by atoms with Crippen molar-refractivity contribution in [3.63, 3.8) is 0 Å². The van der Waals surface area contributed by atoms with E-state index in [-0.39, 0.29) is 32.9 Å². The first kappa shape index (κ1) is 22.4. The van der Waals surface area contributed by atoms with Crippen molar-refractivity contribution in [2.24, 2.45) is 0 Å². The average Bonchev–Trinajstić information content (AvgIpc) is 3.09. The number of rotatable bonds is 6. The van der Waals surface area contributed by atoms with Gasteiger partial charge in [0.1, 0.15) is 5.65 Å². The lowest BCUT2D eigenvalue weighted by Crippen LogP contribution is -2.58. The number of nitrogens with zero attached hydrogens (tertiary/aromatic N) is 3. The molecular formula is C20H19ClF2N4O4S. The van der Waals surface area contributed by atoms with Gasteiger partial charge in [0.2, 0.25) is 0 Å². The van der Waals surface area contributed by atoms with Crippen LogP contribution >= 0.6 is 11.6 Å². The van der Waals surface area contributed by atoms with Gasteiger partial charge in [-0.05, 0) is 24.1 Å². The number of hydrogen-bond donors (Lipinski definition) is 1. The molecule has 0 atom stereocenters. The number of alkyl halides is 2. The Hall–Kier alpha value is -2.76. The Bertz CT molecular complexity index is 1290. The van der Waals surface area contributed by atoms with Crippen LogP contribution in [0.2, 0.25) is 5.02 Å². The normalized spacial score (nSPS) is 16.2. The number of nitrogens with one attached hydrogen (secondary N) is 1. The highest BCUT2D eigenvalue weighted by atomic mass is 35.5. The van der Waals surface area contributed by atoms with Gasteiger partial charge in [-0.15, -0.1) is 0 Å². The number of carbonyl (C=O) groups is 1. The molecule has 1 fully saturated rings. The number of hydrogen-bond acceptors (Lipinski definition) is 5. The highest BCUT2D eigenvalue weighted by molar-refractivity contribution is 7.89. The van der Waals surface area contributed by atoms with E-state index in [9.17, 15) is 22.0 Å². The van der Waals surface area contributed by atoms with E-state index in [1.54, 1.807) is 44.2 Å². The zero-order valence-electron chi connectivity index (χ0n) is 17.0. The number of aromatic nitrogens is 2. The van der Waals surface area contributed by atoms with Crippen molar-refractivity contribution in [3.05, 3.63) is 58.9 Å². The van der Waals surface area contributed by atoms with E-state index in [0.29, 0.717) is 10.1 Å². The van der Waals surface area contributed by atoms with Crippen molar-refractivity contribution < 1.29 is 26.8 Å². The van der Waals surface area contributed by atoms with Gasteiger partial charge < -0.3 is 4.84 Å². The molecule has 170 valence electrons. The van der Waals surface area contributed by atoms with Crippen LogP contribution in [0, 0.1) is 0 Å². The van der Waals surface area contributed by atoms with Crippen LogP contribution in [0.4, 0.5) is 8.78 Å². The maximum atomic E-state index is 13.3. The summed E-state index contributed by atoms with van der Waals surface area (Å²) in [6.45, 7) is 1.67. The Balaban J connectivity index is 1.71. The summed E-state index contributed by atoms with van der Waals surface area (Å²) in [5.41, 5.74) is 2.60. The predicted octanol–water partition coefficient (Wildman–Crippen LogP) is 3.47. The first-order valence-electron chi connectivity index (χ1n) is 9.61.